The van der Waals surface area contributed by atoms with Crippen molar-refractivity contribution in [2.45, 2.75) is 33.7 Å². The van der Waals surface area contributed by atoms with Crippen molar-refractivity contribution in [1.29, 1.82) is 0 Å². The van der Waals surface area contributed by atoms with E-state index >= 15 is 0 Å². The Morgan fingerprint density at radius 2 is 1.95 bits per heavy atom. The van der Waals surface area contributed by atoms with E-state index in [0.717, 1.165) is 22.6 Å². The van der Waals surface area contributed by atoms with Crippen molar-refractivity contribution in [3.63, 3.8) is 0 Å². The van der Waals surface area contributed by atoms with Crippen LogP contribution in [0.4, 0.5) is 0 Å². The molecule has 0 bridgehead atoms. The third kappa shape index (κ3) is 2.68. The molecule has 0 spiro atoms. The predicted octanol–water partition coefficient (Wildman–Crippen LogP) is 1.63. The van der Waals surface area contributed by atoms with Gasteiger partial charge in [-0.15, -0.1) is 0 Å². The van der Waals surface area contributed by atoms with Crippen LogP contribution in [0.5, 0.6) is 0 Å². The molecule has 0 aliphatic carbocycles. The lowest BCUT2D eigenvalue weighted by molar-refractivity contribution is 0.0934. The molecule has 0 radical (unpaired) electrons. The van der Waals surface area contributed by atoms with Gasteiger partial charge in [0.2, 0.25) is 0 Å². The molecule has 2 aromatic heterocycles. The SMILES string of the molecule is Cc1cnc(C(=O)N[C@@H](C)c2c(C)nn(C)c2C)cn1. The first kappa shape index (κ1) is 14.2. The first-order valence-corrected chi connectivity index (χ1v) is 6.49. The van der Waals surface area contributed by atoms with Crippen LogP contribution in [0, 0.1) is 20.8 Å². The summed E-state index contributed by atoms with van der Waals surface area (Å²) in [5, 5.41) is 7.29. The Hall–Kier alpha value is -2.24. The topological polar surface area (TPSA) is 72.7 Å². The van der Waals surface area contributed by atoms with Crippen LogP contribution >= 0.6 is 0 Å². The second kappa shape index (κ2) is 5.40. The molecule has 0 fully saturated rings. The van der Waals surface area contributed by atoms with Crippen molar-refractivity contribution in [3.8, 4) is 0 Å². The summed E-state index contributed by atoms with van der Waals surface area (Å²) in [4.78, 5) is 20.3. The zero-order valence-electron chi connectivity index (χ0n) is 12.4. The fourth-order valence-electron chi connectivity index (χ4n) is 2.27. The zero-order valence-corrected chi connectivity index (χ0v) is 12.4. The molecule has 0 aliphatic heterocycles. The normalized spacial score (nSPS) is 12.2. The fourth-order valence-corrected chi connectivity index (χ4v) is 2.27. The largest absolute Gasteiger partial charge is 0.344 e. The number of nitrogens with one attached hydrogen (secondary N) is 1. The summed E-state index contributed by atoms with van der Waals surface area (Å²) in [5.41, 5.74) is 4.12. The van der Waals surface area contributed by atoms with E-state index < -0.39 is 0 Å². The van der Waals surface area contributed by atoms with Crippen molar-refractivity contribution >= 4 is 5.91 Å². The smallest absolute Gasteiger partial charge is 0.271 e. The second-order valence-corrected chi connectivity index (χ2v) is 4.95. The molecule has 2 aromatic rings. The Morgan fingerprint density at radius 3 is 2.45 bits per heavy atom. The quantitative estimate of drug-likeness (QED) is 0.922. The van der Waals surface area contributed by atoms with Crippen molar-refractivity contribution in [2.75, 3.05) is 0 Å². The number of amides is 1. The standard InChI is InChI=1S/C14H19N5O/c1-8-6-16-12(7-15-8)14(20)17-9(2)13-10(3)18-19(5)11(13)4/h6-7,9H,1-5H3,(H,17,20)/t9-/m0/s1. The molecule has 1 amide bonds. The summed E-state index contributed by atoms with van der Waals surface area (Å²) in [5.74, 6) is -0.229. The van der Waals surface area contributed by atoms with Crippen LogP contribution < -0.4 is 5.32 Å². The predicted molar refractivity (Wildman–Crippen MR) is 75.3 cm³/mol. The first-order valence-electron chi connectivity index (χ1n) is 6.49. The third-order valence-corrected chi connectivity index (χ3v) is 3.36. The van der Waals surface area contributed by atoms with Crippen LogP contribution in [0.1, 0.15) is 46.1 Å². The highest BCUT2D eigenvalue weighted by Gasteiger charge is 2.19. The molecule has 0 saturated carbocycles. The minimum atomic E-state index is -0.229. The first-order chi connectivity index (χ1) is 9.40. The van der Waals surface area contributed by atoms with Crippen molar-refractivity contribution in [2.24, 2.45) is 7.05 Å². The summed E-state index contributed by atoms with van der Waals surface area (Å²) in [6, 6.07) is -0.126. The molecule has 0 aromatic carbocycles. The maximum Gasteiger partial charge on any atom is 0.271 e. The molecule has 2 rings (SSSR count). The Labute approximate surface area is 118 Å². The van der Waals surface area contributed by atoms with Crippen LogP contribution in [-0.4, -0.2) is 25.7 Å². The Balaban J connectivity index is 2.17. The molecule has 20 heavy (non-hydrogen) atoms. The number of carbonyl (C=O) groups is 1. The summed E-state index contributed by atoms with van der Waals surface area (Å²) in [6.07, 6.45) is 3.07. The van der Waals surface area contributed by atoms with Gasteiger partial charge in [-0.1, -0.05) is 0 Å². The second-order valence-electron chi connectivity index (χ2n) is 4.95. The fraction of sp³-hybridized carbons (Fsp3) is 0.429. The lowest BCUT2D eigenvalue weighted by atomic mass is 10.1. The van der Waals surface area contributed by atoms with E-state index in [9.17, 15) is 4.79 Å². The average molecular weight is 273 g/mol. The Kier molecular flexibility index (Phi) is 3.83. The van der Waals surface area contributed by atoms with Gasteiger partial charge in [0.25, 0.3) is 5.91 Å². The van der Waals surface area contributed by atoms with E-state index in [4.69, 9.17) is 0 Å². The van der Waals surface area contributed by atoms with E-state index in [2.05, 4.69) is 20.4 Å². The molecule has 6 nitrogen and oxygen atoms in total. The number of carbonyl (C=O) groups excluding carboxylic acids is 1. The maximum atomic E-state index is 12.1. The van der Waals surface area contributed by atoms with Gasteiger partial charge in [-0.25, -0.2) is 4.98 Å². The number of hydrogen-bond acceptors (Lipinski definition) is 4. The number of aromatic nitrogens is 4. The molecule has 1 N–H and O–H groups in total. The van der Waals surface area contributed by atoms with Gasteiger partial charge in [0.15, 0.2) is 0 Å². The van der Waals surface area contributed by atoms with E-state index in [0.29, 0.717) is 5.69 Å². The van der Waals surface area contributed by atoms with Gasteiger partial charge in [0.1, 0.15) is 5.69 Å². The van der Waals surface area contributed by atoms with Crippen molar-refractivity contribution in [3.05, 3.63) is 40.7 Å². The minimum Gasteiger partial charge on any atom is -0.344 e. The van der Waals surface area contributed by atoms with Gasteiger partial charge in [0, 0.05) is 24.5 Å². The molecule has 1 atom stereocenters. The van der Waals surface area contributed by atoms with Gasteiger partial charge in [-0.3, -0.25) is 14.5 Å². The summed E-state index contributed by atoms with van der Waals surface area (Å²) < 4.78 is 1.82. The summed E-state index contributed by atoms with van der Waals surface area (Å²) in [7, 11) is 1.89. The van der Waals surface area contributed by atoms with Gasteiger partial charge >= 0.3 is 0 Å². The van der Waals surface area contributed by atoms with E-state index in [1.54, 1.807) is 6.20 Å². The van der Waals surface area contributed by atoms with E-state index in [1.165, 1.54) is 6.20 Å². The van der Waals surface area contributed by atoms with Gasteiger partial charge in [-0.2, -0.15) is 5.10 Å². The van der Waals surface area contributed by atoms with E-state index in [-0.39, 0.29) is 11.9 Å². The lowest BCUT2D eigenvalue weighted by Gasteiger charge is -2.14. The average Bonchev–Trinajstić information content (AvgIpc) is 2.63. The molecule has 106 valence electrons. The maximum absolute atomic E-state index is 12.1. The third-order valence-electron chi connectivity index (χ3n) is 3.36. The highest BCUT2D eigenvalue weighted by Crippen LogP contribution is 2.20. The lowest BCUT2D eigenvalue weighted by Crippen LogP contribution is -2.28. The number of rotatable bonds is 3. The molecule has 2 heterocycles. The molecule has 0 saturated heterocycles. The molecule has 0 aliphatic rings. The zero-order chi connectivity index (χ0) is 14.9. The number of nitrogens with zero attached hydrogens (tertiary/aromatic N) is 4. The van der Waals surface area contributed by atoms with Gasteiger partial charge in [-0.05, 0) is 27.7 Å². The highest BCUT2D eigenvalue weighted by atomic mass is 16.1. The van der Waals surface area contributed by atoms with Crippen LogP contribution in [0.15, 0.2) is 12.4 Å². The van der Waals surface area contributed by atoms with Crippen LogP contribution in [0.3, 0.4) is 0 Å². The van der Waals surface area contributed by atoms with Crippen LogP contribution in [-0.2, 0) is 7.05 Å². The number of aryl methyl sites for hydroxylation is 3. The van der Waals surface area contributed by atoms with Crippen LogP contribution in [0.25, 0.3) is 0 Å². The van der Waals surface area contributed by atoms with Crippen molar-refractivity contribution in [1.82, 2.24) is 25.1 Å². The van der Waals surface area contributed by atoms with Crippen LogP contribution in [0.2, 0.25) is 0 Å². The Bertz CT molecular complexity index is 630. The summed E-state index contributed by atoms with van der Waals surface area (Å²) in [6.45, 7) is 7.70. The Morgan fingerprint density at radius 1 is 1.25 bits per heavy atom. The minimum absolute atomic E-state index is 0.126. The highest BCUT2D eigenvalue weighted by molar-refractivity contribution is 5.92. The number of hydrogen-bond donors (Lipinski definition) is 1. The summed E-state index contributed by atoms with van der Waals surface area (Å²) >= 11 is 0. The monoisotopic (exact) mass is 273 g/mol. The van der Waals surface area contributed by atoms with Crippen molar-refractivity contribution < 1.29 is 4.79 Å². The van der Waals surface area contributed by atoms with Gasteiger partial charge < -0.3 is 5.32 Å². The molecular formula is C14H19N5O. The van der Waals surface area contributed by atoms with E-state index in [1.807, 2.05) is 39.4 Å². The molecule has 0 unspecified atom stereocenters. The molecular weight excluding hydrogens is 254 g/mol. The van der Waals surface area contributed by atoms with Gasteiger partial charge in [0.05, 0.1) is 23.6 Å². The molecule has 6 heteroatoms.